The number of methoxy groups -OCH3 is 1. The van der Waals surface area contributed by atoms with Gasteiger partial charge in [-0.05, 0) is 38.9 Å². The monoisotopic (exact) mass is 441 g/mol. The van der Waals surface area contributed by atoms with E-state index in [4.69, 9.17) is 10.5 Å². The summed E-state index contributed by atoms with van der Waals surface area (Å²) in [4.78, 5) is 10.7. The molecule has 10 heteroatoms. The lowest BCUT2D eigenvalue weighted by molar-refractivity contribution is -0.274. The van der Waals surface area contributed by atoms with Crippen molar-refractivity contribution in [1.82, 2.24) is 19.4 Å². The van der Waals surface area contributed by atoms with E-state index in [9.17, 15) is 13.2 Å². The highest BCUT2D eigenvalue weighted by molar-refractivity contribution is 5.63. The normalized spacial score (nSPS) is 13.7. The highest BCUT2D eigenvalue weighted by atomic mass is 19.4. The van der Waals surface area contributed by atoms with Gasteiger partial charge in [-0.15, -0.1) is 26.3 Å². The summed E-state index contributed by atoms with van der Waals surface area (Å²) in [5.74, 6) is 0.543. The first-order chi connectivity index (χ1) is 14.8. The van der Waals surface area contributed by atoms with Crippen LogP contribution in [0.15, 0.2) is 31.6 Å². The van der Waals surface area contributed by atoms with E-state index in [1.54, 1.807) is 7.11 Å². The van der Waals surface area contributed by atoms with Crippen LogP contribution >= 0.6 is 0 Å². The maximum absolute atomic E-state index is 12.6. The number of nitrogens with two attached hydrogens (primary N) is 1. The molecule has 2 aromatic heterocycles. The number of aromatic nitrogens is 3. The molecule has 0 bridgehead atoms. The number of ether oxygens (including phenoxy) is 2. The Labute approximate surface area is 180 Å². The Morgan fingerprint density at radius 3 is 2.61 bits per heavy atom. The second-order valence-corrected chi connectivity index (χ2v) is 7.26. The number of rotatable bonds is 10. The summed E-state index contributed by atoms with van der Waals surface area (Å²) in [7, 11) is 3.72. The molecular formula is C21H30F3N5O2. The first-order valence-electron chi connectivity index (χ1n) is 10.0. The molecule has 31 heavy (non-hydrogen) atoms. The van der Waals surface area contributed by atoms with Crippen LogP contribution in [0.4, 0.5) is 19.0 Å². The van der Waals surface area contributed by atoms with E-state index in [0.717, 1.165) is 44.7 Å². The van der Waals surface area contributed by atoms with Gasteiger partial charge in [0.2, 0.25) is 0 Å². The van der Waals surface area contributed by atoms with E-state index in [2.05, 4.69) is 37.3 Å². The number of hydrogen-bond donors (Lipinski definition) is 1. The van der Waals surface area contributed by atoms with E-state index in [-0.39, 0.29) is 5.82 Å². The number of hydrogen-bond acceptors (Lipinski definition) is 6. The van der Waals surface area contributed by atoms with Gasteiger partial charge in [0.25, 0.3) is 0 Å². The van der Waals surface area contributed by atoms with Crippen LogP contribution in [0.25, 0.3) is 11.3 Å². The van der Waals surface area contributed by atoms with Gasteiger partial charge in [-0.25, -0.2) is 9.97 Å². The van der Waals surface area contributed by atoms with Crippen molar-refractivity contribution in [2.45, 2.75) is 38.1 Å². The largest absolute Gasteiger partial charge is 0.573 e. The molecule has 2 heterocycles. The van der Waals surface area contributed by atoms with Crippen molar-refractivity contribution in [2.75, 3.05) is 39.6 Å². The van der Waals surface area contributed by atoms with Gasteiger partial charge in [-0.2, -0.15) is 0 Å². The van der Waals surface area contributed by atoms with E-state index in [1.807, 2.05) is 13.2 Å². The van der Waals surface area contributed by atoms with Crippen LogP contribution in [0.5, 0.6) is 5.75 Å². The molecule has 0 aromatic carbocycles. The SMILES string of the molecule is C=C.COCCN(C)CCCn1cc(-c2cnc(N)c(OC(F)(F)F)c2)nc1C1CC1. The topological polar surface area (TPSA) is 78.4 Å². The van der Waals surface area contributed by atoms with Crippen molar-refractivity contribution in [1.29, 1.82) is 0 Å². The van der Waals surface area contributed by atoms with Crippen LogP contribution in [0.2, 0.25) is 0 Å². The number of aryl methyl sites for hydroxylation is 1. The Kier molecular flexibility index (Phi) is 8.88. The maximum Gasteiger partial charge on any atom is 0.573 e. The van der Waals surface area contributed by atoms with E-state index >= 15 is 0 Å². The van der Waals surface area contributed by atoms with Crippen molar-refractivity contribution in [2.24, 2.45) is 0 Å². The van der Waals surface area contributed by atoms with Crippen molar-refractivity contribution < 1.29 is 22.6 Å². The molecule has 1 aliphatic carbocycles. The number of pyridine rings is 1. The summed E-state index contributed by atoms with van der Waals surface area (Å²) >= 11 is 0. The Morgan fingerprint density at radius 2 is 2.00 bits per heavy atom. The number of imidazole rings is 1. The first-order valence-corrected chi connectivity index (χ1v) is 10.0. The molecule has 1 aliphatic rings. The highest BCUT2D eigenvalue weighted by Gasteiger charge is 2.33. The third kappa shape index (κ3) is 7.55. The summed E-state index contributed by atoms with van der Waals surface area (Å²) < 4.78 is 48.9. The van der Waals surface area contributed by atoms with Crippen molar-refractivity contribution in [3.05, 3.63) is 37.4 Å². The van der Waals surface area contributed by atoms with Gasteiger partial charge in [-0.1, -0.05) is 0 Å². The summed E-state index contributed by atoms with van der Waals surface area (Å²) in [5.41, 5.74) is 6.53. The Bertz CT molecular complexity index is 837. The Hall–Kier alpha value is -2.59. The van der Waals surface area contributed by atoms with Crippen molar-refractivity contribution >= 4 is 5.82 Å². The Morgan fingerprint density at radius 1 is 1.29 bits per heavy atom. The molecular weight excluding hydrogens is 411 g/mol. The molecule has 1 fully saturated rings. The number of anilines is 1. The predicted octanol–water partition coefficient (Wildman–Crippen LogP) is 4.07. The van der Waals surface area contributed by atoms with Gasteiger partial charge in [0, 0.05) is 44.1 Å². The van der Waals surface area contributed by atoms with Gasteiger partial charge in [0.1, 0.15) is 5.82 Å². The van der Waals surface area contributed by atoms with Gasteiger partial charge in [0.05, 0.1) is 12.3 Å². The fourth-order valence-corrected chi connectivity index (χ4v) is 3.09. The van der Waals surface area contributed by atoms with Gasteiger partial charge in [-0.3, -0.25) is 0 Å². The smallest absolute Gasteiger partial charge is 0.402 e. The van der Waals surface area contributed by atoms with Crippen molar-refractivity contribution in [3.63, 3.8) is 0 Å². The molecule has 0 saturated heterocycles. The molecule has 1 saturated carbocycles. The van der Waals surface area contributed by atoms with E-state index in [1.165, 1.54) is 12.3 Å². The fraction of sp³-hybridized carbons (Fsp3) is 0.524. The zero-order valence-electron chi connectivity index (χ0n) is 18.0. The number of halogens is 3. The Balaban J connectivity index is 0.00000166. The van der Waals surface area contributed by atoms with Crippen LogP contribution in [-0.4, -0.2) is 59.7 Å². The molecule has 0 amide bonds. The van der Waals surface area contributed by atoms with E-state index < -0.39 is 12.1 Å². The molecule has 0 unspecified atom stereocenters. The summed E-state index contributed by atoms with van der Waals surface area (Å²) in [6.07, 6.45) is 1.53. The van der Waals surface area contributed by atoms with Crippen LogP contribution < -0.4 is 10.5 Å². The first kappa shape index (κ1) is 24.7. The van der Waals surface area contributed by atoms with Crippen LogP contribution in [0.1, 0.15) is 31.0 Å². The zero-order valence-corrected chi connectivity index (χ0v) is 18.0. The van der Waals surface area contributed by atoms with Gasteiger partial charge >= 0.3 is 6.36 Å². The summed E-state index contributed by atoms with van der Waals surface area (Å²) in [5, 5.41) is 0. The standard InChI is InChI=1S/C19H26F3N5O2.C2H4/c1-26(8-9-28-2)6-3-7-27-12-15(25-18(27)13-4-5-13)14-10-16(17(23)24-11-14)29-19(20,21)22;1-2/h10-13H,3-9H2,1-2H3,(H2,23,24);1-2H2. The third-order valence-corrected chi connectivity index (χ3v) is 4.77. The lowest BCUT2D eigenvalue weighted by Gasteiger charge is -2.16. The molecule has 3 rings (SSSR count). The second kappa shape index (κ2) is 11.1. The average molecular weight is 441 g/mol. The molecule has 2 aromatic rings. The molecule has 0 aliphatic heterocycles. The molecule has 0 spiro atoms. The molecule has 0 atom stereocenters. The number of nitrogens with zero attached hydrogens (tertiary/aromatic N) is 4. The minimum atomic E-state index is -4.83. The van der Waals surface area contributed by atoms with Gasteiger partial charge < -0.3 is 24.7 Å². The number of nitrogen functional groups attached to an aromatic ring is 1. The fourth-order valence-electron chi connectivity index (χ4n) is 3.09. The predicted molar refractivity (Wildman–Crippen MR) is 114 cm³/mol. The maximum atomic E-state index is 12.6. The lowest BCUT2D eigenvalue weighted by Crippen LogP contribution is -2.24. The molecule has 0 radical (unpaired) electrons. The second-order valence-electron chi connectivity index (χ2n) is 7.26. The van der Waals surface area contributed by atoms with E-state index in [0.29, 0.717) is 23.8 Å². The summed E-state index contributed by atoms with van der Waals surface area (Å²) in [6.45, 7) is 9.24. The quantitative estimate of drug-likeness (QED) is 0.560. The lowest BCUT2D eigenvalue weighted by atomic mass is 10.2. The van der Waals surface area contributed by atoms with Crippen LogP contribution in [-0.2, 0) is 11.3 Å². The zero-order chi connectivity index (χ0) is 23.0. The van der Waals surface area contributed by atoms with Crippen LogP contribution in [0, 0.1) is 0 Å². The number of alkyl halides is 3. The molecule has 2 N–H and O–H groups in total. The minimum Gasteiger partial charge on any atom is -0.402 e. The van der Waals surface area contributed by atoms with Crippen LogP contribution in [0.3, 0.4) is 0 Å². The van der Waals surface area contributed by atoms with Crippen molar-refractivity contribution in [3.8, 4) is 17.0 Å². The minimum absolute atomic E-state index is 0.313. The molecule has 7 nitrogen and oxygen atoms in total. The average Bonchev–Trinajstić information content (AvgIpc) is 3.48. The number of likely N-dealkylation sites (N-methyl/N-ethyl adjacent to an activating group) is 1. The summed E-state index contributed by atoms with van der Waals surface area (Å²) in [6, 6.07) is 1.23. The van der Waals surface area contributed by atoms with Gasteiger partial charge in [0.15, 0.2) is 11.6 Å². The highest BCUT2D eigenvalue weighted by Crippen LogP contribution is 2.41. The third-order valence-electron chi connectivity index (χ3n) is 4.77. The molecule has 172 valence electrons.